The zero-order valence-electron chi connectivity index (χ0n) is 15.3. The summed E-state index contributed by atoms with van der Waals surface area (Å²) in [7, 11) is 0. The third-order valence-corrected chi connectivity index (χ3v) is 4.91. The van der Waals surface area contributed by atoms with E-state index in [9.17, 15) is 20.1 Å². The predicted molar refractivity (Wildman–Crippen MR) is 98.1 cm³/mol. The molecule has 1 aliphatic carbocycles. The molecule has 1 saturated carbocycles. The Labute approximate surface area is 151 Å². The summed E-state index contributed by atoms with van der Waals surface area (Å²) < 4.78 is 0. The van der Waals surface area contributed by atoms with Gasteiger partial charge in [-0.1, -0.05) is 50.5 Å². The summed E-state index contributed by atoms with van der Waals surface area (Å²) in [5.74, 6) is -1.00. The minimum Gasteiger partial charge on any atom is -0.481 e. The molecule has 4 unspecified atom stereocenters. The zero-order valence-corrected chi connectivity index (χ0v) is 15.3. The van der Waals surface area contributed by atoms with Gasteiger partial charge in [-0.2, -0.15) is 0 Å². The van der Waals surface area contributed by atoms with E-state index in [1.165, 1.54) is 0 Å². The number of aliphatic carboxylic acids is 1. The third-order valence-electron chi connectivity index (χ3n) is 4.91. The van der Waals surface area contributed by atoms with Crippen molar-refractivity contribution < 1.29 is 25.2 Å². The maximum absolute atomic E-state index is 10.5. The molecule has 0 bridgehead atoms. The molecular weight excluding hydrogens is 320 g/mol. The number of hydrogen-bond donors (Lipinski definition) is 4. The number of hydrogen-bond acceptors (Lipinski definition) is 4. The van der Waals surface area contributed by atoms with Crippen LogP contribution in [0.1, 0.15) is 64.7 Å². The molecule has 0 aromatic carbocycles. The number of carboxylic acid groups (broad SMARTS) is 1. The Morgan fingerprint density at radius 1 is 1.16 bits per heavy atom. The molecule has 4 N–H and O–H groups in total. The highest BCUT2D eigenvalue weighted by molar-refractivity contribution is 5.66. The lowest BCUT2D eigenvalue weighted by atomic mass is 9.89. The van der Waals surface area contributed by atoms with Gasteiger partial charge in [0, 0.05) is 18.8 Å². The molecule has 0 aromatic rings. The second-order valence-corrected chi connectivity index (χ2v) is 7.05. The average Bonchev–Trinajstić information content (AvgIpc) is 2.82. The van der Waals surface area contributed by atoms with Crippen molar-refractivity contribution in [2.24, 2.45) is 11.8 Å². The topological polar surface area (TPSA) is 98.0 Å². The summed E-state index contributed by atoms with van der Waals surface area (Å²) >= 11 is 0. The van der Waals surface area contributed by atoms with Crippen molar-refractivity contribution in [3.63, 3.8) is 0 Å². The summed E-state index contributed by atoms with van der Waals surface area (Å²) in [5, 5.41) is 39.0. The highest BCUT2D eigenvalue weighted by Crippen LogP contribution is 2.36. The molecule has 1 rings (SSSR count). The van der Waals surface area contributed by atoms with Crippen molar-refractivity contribution in [3.05, 3.63) is 24.3 Å². The highest BCUT2D eigenvalue weighted by Gasteiger charge is 2.39. The molecule has 25 heavy (non-hydrogen) atoms. The first-order valence-electron chi connectivity index (χ1n) is 9.55. The van der Waals surface area contributed by atoms with E-state index in [4.69, 9.17) is 5.11 Å². The second kappa shape index (κ2) is 12.2. The number of rotatable bonds is 12. The largest absolute Gasteiger partial charge is 0.481 e. The van der Waals surface area contributed by atoms with Gasteiger partial charge in [0.1, 0.15) is 0 Å². The Balaban J connectivity index is 2.46. The van der Waals surface area contributed by atoms with Gasteiger partial charge in [-0.3, -0.25) is 4.79 Å². The van der Waals surface area contributed by atoms with Gasteiger partial charge >= 0.3 is 5.97 Å². The Morgan fingerprint density at radius 3 is 2.60 bits per heavy atom. The second-order valence-electron chi connectivity index (χ2n) is 7.05. The smallest absolute Gasteiger partial charge is 0.303 e. The van der Waals surface area contributed by atoms with Crippen molar-refractivity contribution in [1.29, 1.82) is 0 Å². The van der Waals surface area contributed by atoms with E-state index < -0.39 is 24.3 Å². The van der Waals surface area contributed by atoms with Crippen LogP contribution in [0.15, 0.2) is 24.3 Å². The molecule has 5 atom stereocenters. The van der Waals surface area contributed by atoms with Crippen molar-refractivity contribution in [2.45, 2.75) is 83.0 Å². The van der Waals surface area contributed by atoms with Gasteiger partial charge in [0.05, 0.1) is 18.3 Å². The predicted octanol–water partition coefficient (Wildman–Crippen LogP) is 3.04. The van der Waals surface area contributed by atoms with Gasteiger partial charge in [0.25, 0.3) is 0 Å². The quantitative estimate of drug-likeness (QED) is 0.319. The maximum Gasteiger partial charge on any atom is 0.303 e. The van der Waals surface area contributed by atoms with Crippen LogP contribution in [0.2, 0.25) is 0 Å². The lowest BCUT2D eigenvalue weighted by Gasteiger charge is -2.19. The van der Waals surface area contributed by atoms with Crippen molar-refractivity contribution in [3.8, 4) is 0 Å². The molecule has 0 aromatic heterocycles. The van der Waals surface area contributed by atoms with Crippen LogP contribution in [0, 0.1) is 11.8 Å². The van der Waals surface area contributed by atoms with Gasteiger partial charge in [-0.25, -0.2) is 0 Å². The minimum atomic E-state index is -0.787. The van der Waals surface area contributed by atoms with Crippen LogP contribution in [0.25, 0.3) is 0 Å². The Morgan fingerprint density at radius 2 is 1.92 bits per heavy atom. The first-order valence-corrected chi connectivity index (χ1v) is 9.55. The average molecular weight is 354 g/mol. The monoisotopic (exact) mass is 354 g/mol. The van der Waals surface area contributed by atoms with Crippen molar-refractivity contribution in [2.75, 3.05) is 0 Å². The zero-order chi connectivity index (χ0) is 18.7. The summed E-state index contributed by atoms with van der Waals surface area (Å²) in [4.78, 5) is 10.5. The molecule has 1 aliphatic rings. The number of carbonyl (C=O) groups is 1. The van der Waals surface area contributed by atoms with Gasteiger partial charge in [0.2, 0.25) is 0 Å². The van der Waals surface area contributed by atoms with Crippen LogP contribution in [0.4, 0.5) is 0 Å². The van der Waals surface area contributed by atoms with Gasteiger partial charge in [-0.15, -0.1) is 0 Å². The number of allylic oxidation sites excluding steroid dienone is 2. The standard InChI is InChI=1S/C20H34O5/c1-2-3-6-9-15(21)12-13-17-16(18(22)14-19(17)23)10-7-4-5-8-11-20(24)25/h4,7,12-13,15-19,21-23H,2-3,5-6,8-11,14H2,1H3,(H,24,25)/b7-4-,13-12+/t15?,16-,17?,18?,19?/m1/s1. The van der Waals surface area contributed by atoms with Gasteiger partial charge in [-0.05, 0) is 31.6 Å². The fourth-order valence-corrected chi connectivity index (χ4v) is 3.41. The molecule has 0 spiro atoms. The first kappa shape index (κ1) is 21.9. The molecule has 0 aliphatic heterocycles. The lowest BCUT2D eigenvalue weighted by molar-refractivity contribution is -0.137. The van der Waals surface area contributed by atoms with Crippen LogP contribution >= 0.6 is 0 Å². The molecule has 144 valence electrons. The van der Waals surface area contributed by atoms with E-state index in [1.54, 1.807) is 6.08 Å². The van der Waals surface area contributed by atoms with Crippen LogP contribution < -0.4 is 0 Å². The molecule has 0 amide bonds. The Bertz CT molecular complexity index is 432. The van der Waals surface area contributed by atoms with Crippen LogP contribution in [-0.4, -0.2) is 44.7 Å². The number of unbranched alkanes of at least 4 members (excludes halogenated alkanes) is 3. The summed E-state index contributed by atoms with van der Waals surface area (Å²) in [5.41, 5.74) is 0. The van der Waals surface area contributed by atoms with Gasteiger partial charge in [0.15, 0.2) is 0 Å². The van der Waals surface area contributed by atoms with Crippen molar-refractivity contribution in [1.82, 2.24) is 0 Å². The molecular formula is C20H34O5. The minimum absolute atomic E-state index is 0.0650. The van der Waals surface area contributed by atoms with E-state index in [2.05, 4.69) is 6.92 Å². The summed E-state index contributed by atoms with van der Waals surface area (Å²) in [6.45, 7) is 2.12. The van der Waals surface area contributed by atoms with Crippen LogP contribution in [-0.2, 0) is 4.79 Å². The number of aliphatic hydroxyl groups is 3. The normalized spacial score (nSPS) is 28.2. The van der Waals surface area contributed by atoms with Crippen molar-refractivity contribution >= 4 is 5.97 Å². The molecule has 0 heterocycles. The van der Waals surface area contributed by atoms with Crippen LogP contribution in [0.5, 0.6) is 0 Å². The first-order chi connectivity index (χ1) is 12.0. The molecule has 5 heteroatoms. The van der Waals surface area contributed by atoms with E-state index >= 15 is 0 Å². The number of aliphatic hydroxyl groups excluding tert-OH is 3. The molecule has 0 saturated heterocycles. The lowest BCUT2D eigenvalue weighted by Crippen LogP contribution is -2.20. The summed E-state index contributed by atoms with van der Waals surface area (Å²) in [6, 6.07) is 0. The third kappa shape index (κ3) is 8.66. The van der Waals surface area contributed by atoms with E-state index in [0.29, 0.717) is 25.7 Å². The fourth-order valence-electron chi connectivity index (χ4n) is 3.41. The van der Waals surface area contributed by atoms with E-state index in [1.807, 2.05) is 18.2 Å². The highest BCUT2D eigenvalue weighted by atomic mass is 16.4. The van der Waals surface area contributed by atoms with Gasteiger partial charge < -0.3 is 20.4 Å². The summed E-state index contributed by atoms with van der Waals surface area (Å²) in [6.07, 6.45) is 12.3. The molecule has 0 radical (unpaired) electrons. The fraction of sp³-hybridized carbons (Fsp3) is 0.750. The number of carboxylic acids is 1. The van der Waals surface area contributed by atoms with E-state index in [-0.39, 0.29) is 18.3 Å². The molecule has 1 fully saturated rings. The van der Waals surface area contributed by atoms with Crippen LogP contribution in [0.3, 0.4) is 0 Å². The SMILES string of the molecule is CCCCCC(O)/C=C/C1C(O)CC(O)[C@@H]1C/C=C\CCCC(=O)O. The maximum atomic E-state index is 10.5. The molecule has 5 nitrogen and oxygen atoms in total. The Hall–Kier alpha value is -1.17. The van der Waals surface area contributed by atoms with E-state index in [0.717, 1.165) is 25.7 Å². The Kier molecular flexibility index (Phi) is 10.7.